The topological polar surface area (TPSA) is 81.8 Å². The summed E-state index contributed by atoms with van der Waals surface area (Å²) in [6, 6.07) is 6.05. The Morgan fingerprint density at radius 2 is 1.96 bits per heavy atom. The fraction of sp³-hybridized carbons (Fsp3) is 0.571. The number of amides is 3. The van der Waals surface area contributed by atoms with Gasteiger partial charge in [-0.25, -0.2) is 0 Å². The molecule has 3 heterocycles. The molecule has 3 amide bonds. The zero-order valence-corrected chi connectivity index (χ0v) is 15.9. The molecule has 1 aromatic rings. The van der Waals surface area contributed by atoms with Gasteiger partial charge in [0.05, 0.1) is 0 Å². The molecular weight excluding hydrogens is 356 g/mol. The minimum Gasteiger partial charge on any atom is -0.322 e. The van der Waals surface area contributed by atoms with E-state index in [1.165, 1.54) is 12.8 Å². The average Bonchev–Trinajstić information content (AvgIpc) is 3.47. The fourth-order valence-electron chi connectivity index (χ4n) is 4.86. The lowest BCUT2D eigenvalue weighted by atomic mass is 10.0. The normalized spacial score (nSPS) is 28.4. The van der Waals surface area contributed by atoms with Gasteiger partial charge in [0.2, 0.25) is 11.8 Å². The third kappa shape index (κ3) is 3.22. The van der Waals surface area contributed by atoms with Gasteiger partial charge in [-0.3, -0.25) is 24.6 Å². The molecule has 2 saturated heterocycles. The summed E-state index contributed by atoms with van der Waals surface area (Å²) in [6.07, 6.45) is 3.34. The number of hydrogen-bond donors (Lipinski definition) is 2. The number of rotatable bonds is 4. The summed E-state index contributed by atoms with van der Waals surface area (Å²) in [6.45, 7) is 4.22. The summed E-state index contributed by atoms with van der Waals surface area (Å²) < 4.78 is 0. The minimum atomic E-state index is -0.552. The van der Waals surface area contributed by atoms with E-state index in [-0.39, 0.29) is 24.1 Å². The van der Waals surface area contributed by atoms with Crippen molar-refractivity contribution >= 4 is 17.7 Å². The molecule has 0 radical (unpaired) electrons. The first-order chi connectivity index (χ1) is 13.6. The summed E-state index contributed by atoms with van der Waals surface area (Å²) >= 11 is 0. The van der Waals surface area contributed by atoms with Crippen LogP contribution < -0.4 is 10.6 Å². The van der Waals surface area contributed by atoms with Gasteiger partial charge in [-0.2, -0.15) is 0 Å². The van der Waals surface area contributed by atoms with Gasteiger partial charge in [0.1, 0.15) is 6.04 Å². The summed E-state index contributed by atoms with van der Waals surface area (Å²) in [5.41, 5.74) is 2.79. The molecule has 1 aromatic carbocycles. The third-order valence-electron chi connectivity index (χ3n) is 6.51. The van der Waals surface area contributed by atoms with Crippen LogP contribution in [0.4, 0.5) is 0 Å². The van der Waals surface area contributed by atoms with E-state index >= 15 is 0 Å². The second kappa shape index (κ2) is 6.97. The van der Waals surface area contributed by atoms with Crippen molar-refractivity contribution in [2.45, 2.75) is 50.9 Å². The number of nitrogens with zero attached hydrogens (tertiary/aromatic N) is 2. The first-order valence-electron chi connectivity index (χ1n) is 10.3. The maximum Gasteiger partial charge on any atom is 0.255 e. The highest BCUT2D eigenvalue weighted by Gasteiger charge is 2.40. The molecule has 1 saturated carbocycles. The zero-order chi connectivity index (χ0) is 19.3. The van der Waals surface area contributed by atoms with Crippen LogP contribution in [0.1, 0.15) is 47.2 Å². The minimum absolute atomic E-state index is 0.0750. The lowest BCUT2D eigenvalue weighted by Gasteiger charge is -2.34. The molecule has 28 heavy (non-hydrogen) atoms. The lowest BCUT2D eigenvalue weighted by molar-refractivity contribution is -0.136. The number of imide groups is 1. The number of hydrogen-bond acceptors (Lipinski definition) is 5. The third-order valence-corrected chi connectivity index (χ3v) is 6.51. The molecule has 2 atom stereocenters. The molecule has 0 aromatic heterocycles. The summed E-state index contributed by atoms with van der Waals surface area (Å²) in [5, 5.41) is 6.00. The van der Waals surface area contributed by atoms with Crippen LogP contribution in [0.25, 0.3) is 0 Å². The fourth-order valence-corrected chi connectivity index (χ4v) is 4.86. The smallest absolute Gasteiger partial charge is 0.255 e. The zero-order valence-electron chi connectivity index (χ0n) is 15.9. The Labute approximate surface area is 164 Å². The molecule has 148 valence electrons. The monoisotopic (exact) mass is 382 g/mol. The molecule has 2 unspecified atom stereocenters. The molecular formula is C21H26N4O3. The van der Waals surface area contributed by atoms with Gasteiger partial charge in [-0.1, -0.05) is 18.2 Å². The van der Waals surface area contributed by atoms with Gasteiger partial charge >= 0.3 is 0 Å². The molecule has 1 aliphatic carbocycles. The van der Waals surface area contributed by atoms with E-state index in [0.717, 1.165) is 48.8 Å². The van der Waals surface area contributed by atoms with Crippen molar-refractivity contribution < 1.29 is 14.4 Å². The van der Waals surface area contributed by atoms with Gasteiger partial charge in [-0.05, 0) is 36.3 Å². The van der Waals surface area contributed by atoms with Gasteiger partial charge in [0.25, 0.3) is 5.91 Å². The quantitative estimate of drug-likeness (QED) is 0.747. The molecule has 7 heteroatoms. The first-order valence-corrected chi connectivity index (χ1v) is 10.3. The Balaban J connectivity index is 1.34. The molecule has 7 nitrogen and oxygen atoms in total. The Morgan fingerprint density at radius 1 is 1.11 bits per heavy atom. The predicted molar refractivity (Wildman–Crippen MR) is 102 cm³/mol. The van der Waals surface area contributed by atoms with E-state index in [1.54, 1.807) is 4.90 Å². The van der Waals surface area contributed by atoms with E-state index < -0.39 is 6.04 Å². The molecule has 5 rings (SSSR count). The van der Waals surface area contributed by atoms with Crippen molar-refractivity contribution in [1.29, 1.82) is 0 Å². The SMILES string of the molecule is O=C1CCC(N2Cc3cccc(CN4CCNC(C5CC5)C4)c3C2=O)C(=O)N1. The Morgan fingerprint density at radius 3 is 2.75 bits per heavy atom. The van der Waals surface area contributed by atoms with Crippen LogP contribution >= 0.6 is 0 Å². The second-order valence-electron chi connectivity index (χ2n) is 8.48. The molecule has 4 aliphatic rings. The highest BCUT2D eigenvalue weighted by atomic mass is 16.2. The number of piperidine rings is 1. The van der Waals surface area contributed by atoms with E-state index in [1.807, 2.05) is 18.2 Å². The molecule has 0 spiro atoms. The van der Waals surface area contributed by atoms with Gasteiger partial charge in [0.15, 0.2) is 0 Å². The van der Waals surface area contributed by atoms with Crippen molar-refractivity contribution in [2.75, 3.05) is 19.6 Å². The summed E-state index contributed by atoms with van der Waals surface area (Å²) in [5.74, 6) is 0.131. The summed E-state index contributed by atoms with van der Waals surface area (Å²) in [4.78, 5) is 41.0. The van der Waals surface area contributed by atoms with Crippen LogP contribution in [0.3, 0.4) is 0 Å². The Bertz CT molecular complexity index is 835. The Kier molecular flexibility index (Phi) is 4.44. The van der Waals surface area contributed by atoms with Crippen LogP contribution in [-0.4, -0.2) is 59.2 Å². The highest BCUT2D eigenvalue weighted by Crippen LogP contribution is 2.34. The van der Waals surface area contributed by atoms with Gasteiger partial charge in [-0.15, -0.1) is 0 Å². The molecule has 0 bridgehead atoms. The van der Waals surface area contributed by atoms with E-state index in [0.29, 0.717) is 19.0 Å². The van der Waals surface area contributed by atoms with Crippen molar-refractivity contribution in [2.24, 2.45) is 5.92 Å². The molecule has 3 fully saturated rings. The number of piperazine rings is 1. The lowest BCUT2D eigenvalue weighted by Crippen LogP contribution is -2.52. The van der Waals surface area contributed by atoms with Crippen LogP contribution in [0.5, 0.6) is 0 Å². The van der Waals surface area contributed by atoms with Crippen LogP contribution in [0.2, 0.25) is 0 Å². The summed E-state index contributed by atoms with van der Waals surface area (Å²) in [7, 11) is 0. The second-order valence-corrected chi connectivity index (χ2v) is 8.48. The van der Waals surface area contributed by atoms with Crippen molar-refractivity contribution in [3.05, 3.63) is 34.9 Å². The van der Waals surface area contributed by atoms with Crippen LogP contribution in [0.15, 0.2) is 18.2 Å². The Hall–Kier alpha value is -2.25. The first kappa shape index (κ1) is 17.8. The van der Waals surface area contributed by atoms with Crippen molar-refractivity contribution in [1.82, 2.24) is 20.4 Å². The number of benzene rings is 1. The molecule has 3 aliphatic heterocycles. The van der Waals surface area contributed by atoms with Crippen molar-refractivity contribution in [3.63, 3.8) is 0 Å². The van der Waals surface area contributed by atoms with E-state index in [4.69, 9.17) is 0 Å². The maximum absolute atomic E-state index is 13.2. The van der Waals surface area contributed by atoms with E-state index in [9.17, 15) is 14.4 Å². The highest BCUT2D eigenvalue weighted by molar-refractivity contribution is 6.05. The van der Waals surface area contributed by atoms with Crippen molar-refractivity contribution in [3.8, 4) is 0 Å². The van der Waals surface area contributed by atoms with Gasteiger partial charge in [0, 0.05) is 50.7 Å². The largest absolute Gasteiger partial charge is 0.322 e. The predicted octanol–water partition coefficient (Wildman–Crippen LogP) is 0.631. The van der Waals surface area contributed by atoms with Gasteiger partial charge < -0.3 is 10.2 Å². The maximum atomic E-state index is 13.2. The standard InChI is InChI=1S/C21H26N4O3/c26-18-7-6-17(20(27)23-18)25-11-15-3-1-2-14(19(15)21(25)28)10-24-9-8-22-16(12-24)13-4-5-13/h1-3,13,16-17,22H,4-12H2,(H,23,26,27). The van der Waals surface area contributed by atoms with Crippen LogP contribution in [0, 0.1) is 5.92 Å². The number of nitrogens with one attached hydrogen (secondary N) is 2. The van der Waals surface area contributed by atoms with E-state index in [2.05, 4.69) is 15.5 Å². The number of fused-ring (bicyclic) bond motifs is 1. The number of carbonyl (C=O) groups excluding carboxylic acids is 3. The average molecular weight is 382 g/mol. The van der Waals surface area contributed by atoms with Crippen LogP contribution in [-0.2, 0) is 22.7 Å². The number of carbonyl (C=O) groups is 3. The molecule has 2 N–H and O–H groups in total.